The molecule has 2 N–H and O–H groups in total. The van der Waals surface area contributed by atoms with Crippen molar-refractivity contribution in [3.63, 3.8) is 0 Å². The van der Waals surface area contributed by atoms with Crippen LogP contribution in [0.25, 0.3) is 0 Å². The number of benzene rings is 1. The van der Waals surface area contributed by atoms with E-state index in [0.717, 1.165) is 24.3 Å². The second-order valence-electron chi connectivity index (χ2n) is 5.16. The zero-order chi connectivity index (χ0) is 13.8. The molecule has 0 radical (unpaired) electrons. The predicted octanol–water partition coefficient (Wildman–Crippen LogP) is 1.71. The van der Waals surface area contributed by atoms with Gasteiger partial charge in [0.25, 0.3) is 5.91 Å². The van der Waals surface area contributed by atoms with Gasteiger partial charge >= 0.3 is 0 Å². The van der Waals surface area contributed by atoms with Crippen molar-refractivity contribution in [2.75, 3.05) is 13.1 Å². The van der Waals surface area contributed by atoms with E-state index in [4.69, 9.17) is 10.5 Å². The van der Waals surface area contributed by atoms with Gasteiger partial charge in [-0.2, -0.15) is 0 Å². The highest BCUT2D eigenvalue weighted by molar-refractivity contribution is 5.81. The molecule has 0 bridgehead atoms. The second-order valence-corrected chi connectivity index (χ2v) is 5.16. The summed E-state index contributed by atoms with van der Waals surface area (Å²) in [6, 6.07) is 7.90. The Morgan fingerprint density at radius 3 is 2.95 bits per heavy atom. The summed E-state index contributed by atoms with van der Waals surface area (Å²) in [5.74, 6) is 0.806. The van der Waals surface area contributed by atoms with Gasteiger partial charge in [0.15, 0.2) is 6.10 Å². The van der Waals surface area contributed by atoms with E-state index in [1.165, 1.54) is 0 Å². The molecule has 1 amide bonds. The highest BCUT2D eigenvalue weighted by atomic mass is 16.5. The van der Waals surface area contributed by atoms with E-state index in [-0.39, 0.29) is 11.9 Å². The summed E-state index contributed by atoms with van der Waals surface area (Å²) in [5, 5.41) is 0. The molecular weight excluding hydrogens is 240 g/mol. The van der Waals surface area contributed by atoms with Crippen LogP contribution in [0.1, 0.15) is 25.3 Å². The Hall–Kier alpha value is -1.55. The van der Waals surface area contributed by atoms with Crippen molar-refractivity contribution in [2.24, 2.45) is 5.73 Å². The van der Waals surface area contributed by atoms with Crippen molar-refractivity contribution in [1.29, 1.82) is 0 Å². The van der Waals surface area contributed by atoms with Crippen LogP contribution in [0.2, 0.25) is 0 Å². The Bertz CT molecular complexity index is 448. The molecule has 1 saturated heterocycles. The quantitative estimate of drug-likeness (QED) is 0.898. The molecule has 0 spiro atoms. The molecule has 1 aromatic carbocycles. The Morgan fingerprint density at radius 2 is 2.37 bits per heavy atom. The Labute approximate surface area is 114 Å². The lowest BCUT2D eigenvalue weighted by molar-refractivity contribution is -0.137. The fourth-order valence-corrected chi connectivity index (χ4v) is 2.35. The summed E-state index contributed by atoms with van der Waals surface area (Å²) in [5.41, 5.74) is 6.97. The van der Waals surface area contributed by atoms with Gasteiger partial charge < -0.3 is 15.4 Å². The molecule has 2 unspecified atom stereocenters. The van der Waals surface area contributed by atoms with Crippen LogP contribution in [-0.2, 0) is 4.79 Å². The third-order valence-electron chi connectivity index (χ3n) is 3.45. The first-order chi connectivity index (χ1) is 9.10. The first-order valence-electron chi connectivity index (χ1n) is 6.88. The van der Waals surface area contributed by atoms with Gasteiger partial charge in [0, 0.05) is 19.1 Å². The van der Waals surface area contributed by atoms with Crippen molar-refractivity contribution in [3.05, 3.63) is 29.8 Å². The molecule has 1 aliphatic rings. The van der Waals surface area contributed by atoms with Crippen molar-refractivity contribution in [3.8, 4) is 5.75 Å². The lowest BCUT2D eigenvalue weighted by atomic mass is 10.2. The number of rotatable bonds is 4. The summed E-state index contributed by atoms with van der Waals surface area (Å²) in [6.45, 7) is 5.36. The van der Waals surface area contributed by atoms with E-state index in [0.29, 0.717) is 13.0 Å². The second kappa shape index (κ2) is 6.06. The minimum absolute atomic E-state index is 0.0527. The topological polar surface area (TPSA) is 55.6 Å². The molecule has 0 saturated carbocycles. The number of ether oxygens (including phenoxy) is 1. The number of aryl methyl sites for hydroxylation is 1. The van der Waals surface area contributed by atoms with Crippen molar-refractivity contribution >= 4 is 5.91 Å². The Kier molecular flexibility index (Phi) is 4.43. The molecule has 2 rings (SSSR count). The average molecular weight is 262 g/mol. The number of nitrogens with two attached hydrogens (primary N) is 1. The van der Waals surface area contributed by atoms with Crippen LogP contribution in [-0.4, -0.2) is 36.0 Å². The lowest BCUT2D eigenvalue weighted by Crippen LogP contribution is -2.41. The molecule has 1 aromatic rings. The first-order valence-corrected chi connectivity index (χ1v) is 6.88. The van der Waals surface area contributed by atoms with Gasteiger partial charge in [-0.1, -0.05) is 19.1 Å². The molecule has 19 heavy (non-hydrogen) atoms. The van der Waals surface area contributed by atoms with E-state index in [9.17, 15) is 4.79 Å². The highest BCUT2D eigenvalue weighted by Gasteiger charge is 2.29. The normalized spacial score (nSPS) is 20.4. The molecule has 4 nitrogen and oxygen atoms in total. The summed E-state index contributed by atoms with van der Waals surface area (Å²) >= 11 is 0. The smallest absolute Gasteiger partial charge is 0.263 e. The number of amides is 1. The number of hydrogen-bond acceptors (Lipinski definition) is 3. The van der Waals surface area contributed by atoms with Crippen LogP contribution in [0.15, 0.2) is 24.3 Å². The summed E-state index contributed by atoms with van der Waals surface area (Å²) in [6.07, 6.45) is 1.14. The van der Waals surface area contributed by atoms with Crippen LogP contribution < -0.4 is 10.5 Å². The maximum Gasteiger partial charge on any atom is 0.263 e. The Balaban J connectivity index is 2.01. The number of nitrogens with zero attached hydrogens (tertiary/aromatic N) is 1. The summed E-state index contributed by atoms with van der Waals surface area (Å²) in [4.78, 5) is 14.2. The van der Waals surface area contributed by atoms with E-state index in [1.54, 1.807) is 0 Å². The number of carbonyl (C=O) groups is 1. The SMILES string of the molecule is CCC(Oc1cccc(C)c1)C(=O)N1CCC(N)C1. The van der Waals surface area contributed by atoms with Crippen LogP contribution in [0, 0.1) is 6.92 Å². The van der Waals surface area contributed by atoms with E-state index in [1.807, 2.05) is 43.0 Å². The van der Waals surface area contributed by atoms with Crippen molar-refractivity contribution in [2.45, 2.75) is 38.8 Å². The zero-order valence-electron chi connectivity index (χ0n) is 11.6. The summed E-state index contributed by atoms with van der Waals surface area (Å²) < 4.78 is 5.82. The fourth-order valence-electron chi connectivity index (χ4n) is 2.35. The molecule has 1 fully saturated rings. The first kappa shape index (κ1) is 13.9. The van der Waals surface area contributed by atoms with E-state index < -0.39 is 6.10 Å². The molecule has 2 atom stereocenters. The van der Waals surface area contributed by atoms with Crippen LogP contribution in [0.3, 0.4) is 0 Å². The van der Waals surface area contributed by atoms with Gasteiger partial charge in [0.2, 0.25) is 0 Å². The fraction of sp³-hybridized carbons (Fsp3) is 0.533. The van der Waals surface area contributed by atoms with Gasteiger partial charge in [0.1, 0.15) is 5.75 Å². The van der Waals surface area contributed by atoms with Gasteiger partial charge in [-0.05, 0) is 37.5 Å². The molecule has 0 aromatic heterocycles. The Morgan fingerprint density at radius 1 is 1.58 bits per heavy atom. The monoisotopic (exact) mass is 262 g/mol. The third-order valence-corrected chi connectivity index (χ3v) is 3.45. The lowest BCUT2D eigenvalue weighted by Gasteiger charge is -2.23. The van der Waals surface area contributed by atoms with Gasteiger partial charge in [-0.15, -0.1) is 0 Å². The molecular formula is C15H22N2O2. The van der Waals surface area contributed by atoms with E-state index in [2.05, 4.69) is 0 Å². The van der Waals surface area contributed by atoms with Crippen molar-refractivity contribution in [1.82, 2.24) is 4.90 Å². The maximum atomic E-state index is 12.4. The van der Waals surface area contributed by atoms with Crippen LogP contribution in [0.5, 0.6) is 5.75 Å². The van der Waals surface area contributed by atoms with Crippen molar-refractivity contribution < 1.29 is 9.53 Å². The number of likely N-dealkylation sites (tertiary alicyclic amines) is 1. The minimum Gasteiger partial charge on any atom is -0.481 e. The standard InChI is InChI=1S/C15H22N2O2/c1-3-14(15(18)17-8-7-12(16)10-17)19-13-6-4-5-11(2)9-13/h4-6,9,12,14H,3,7-8,10,16H2,1-2H3. The van der Waals surface area contributed by atoms with Gasteiger partial charge in [-0.25, -0.2) is 0 Å². The van der Waals surface area contributed by atoms with Gasteiger partial charge in [-0.3, -0.25) is 4.79 Å². The minimum atomic E-state index is -0.410. The maximum absolute atomic E-state index is 12.4. The van der Waals surface area contributed by atoms with E-state index >= 15 is 0 Å². The number of hydrogen-bond donors (Lipinski definition) is 1. The van der Waals surface area contributed by atoms with Crippen LogP contribution in [0.4, 0.5) is 0 Å². The van der Waals surface area contributed by atoms with Crippen LogP contribution >= 0.6 is 0 Å². The molecule has 4 heteroatoms. The van der Waals surface area contributed by atoms with Gasteiger partial charge in [0.05, 0.1) is 0 Å². The largest absolute Gasteiger partial charge is 0.481 e. The predicted molar refractivity (Wildman–Crippen MR) is 75.1 cm³/mol. The third kappa shape index (κ3) is 3.47. The molecule has 1 heterocycles. The average Bonchev–Trinajstić information content (AvgIpc) is 2.82. The molecule has 0 aliphatic carbocycles. The highest BCUT2D eigenvalue weighted by Crippen LogP contribution is 2.18. The zero-order valence-corrected chi connectivity index (χ0v) is 11.6. The molecule has 1 aliphatic heterocycles. The summed E-state index contributed by atoms with van der Waals surface area (Å²) in [7, 11) is 0. The number of carbonyl (C=O) groups excluding carboxylic acids is 1. The molecule has 104 valence electrons.